The van der Waals surface area contributed by atoms with Gasteiger partial charge in [-0.05, 0) is 30.9 Å². The molecule has 1 aliphatic rings. The Kier molecular flexibility index (Phi) is 7.25. The van der Waals surface area contributed by atoms with Gasteiger partial charge in [0.15, 0.2) is 9.84 Å². The summed E-state index contributed by atoms with van der Waals surface area (Å²) in [6, 6.07) is 7.28. The molecule has 1 aromatic carbocycles. The summed E-state index contributed by atoms with van der Waals surface area (Å²) in [6.45, 7) is 2.39. The monoisotopic (exact) mass is 374 g/mol. The SMILES string of the molecule is CC1(N)CCCCC1C(=O)NCc1ccc(CS(C)(=O)=O)cc1.Cl. The van der Waals surface area contributed by atoms with E-state index in [1.807, 2.05) is 19.1 Å². The summed E-state index contributed by atoms with van der Waals surface area (Å²) in [4.78, 5) is 12.4. The minimum Gasteiger partial charge on any atom is -0.352 e. The van der Waals surface area contributed by atoms with Crippen molar-refractivity contribution in [3.63, 3.8) is 0 Å². The predicted octanol–water partition coefficient (Wildman–Crippen LogP) is 2.18. The first-order valence-corrected chi connectivity index (χ1v) is 10.1. The maximum atomic E-state index is 12.4. The van der Waals surface area contributed by atoms with Gasteiger partial charge in [-0.2, -0.15) is 0 Å². The molecule has 136 valence electrons. The lowest BCUT2D eigenvalue weighted by molar-refractivity contribution is -0.128. The second kappa shape index (κ2) is 8.32. The minimum absolute atomic E-state index is 0. The van der Waals surface area contributed by atoms with Gasteiger partial charge in [0, 0.05) is 18.3 Å². The van der Waals surface area contributed by atoms with Crippen molar-refractivity contribution in [1.82, 2.24) is 5.32 Å². The number of sulfone groups is 1. The summed E-state index contributed by atoms with van der Waals surface area (Å²) >= 11 is 0. The topological polar surface area (TPSA) is 89.3 Å². The van der Waals surface area contributed by atoms with Crippen LogP contribution >= 0.6 is 12.4 Å². The van der Waals surface area contributed by atoms with E-state index in [2.05, 4.69) is 5.32 Å². The van der Waals surface area contributed by atoms with Crippen LogP contribution in [0.15, 0.2) is 24.3 Å². The van der Waals surface area contributed by atoms with Gasteiger partial charge >= 0.3 is 0 Å². The lowest BCUT2D eigenvalue weighted by Crippen LogP contribution is -2.52. The third-order valence-electron chi connectivity index (χ3n) is 4.49. The van der Waals surface area contributed by atoms with E-state index >= 15 is 0 Å². The van der Waals surface area contributed by atoms with Crippen LogP contribution < -0.4 is 11.1 Å². The van der Waals surface area contributed by atoms with E-state index in [1.165, 1.54) is 6.26 Å². The Labute approximate surface area is 150 Å². The Hall–Kier alpha value is -1.11. The molecule has 0 aliphatic heterocycles. The van der Waals surface area contributed by atoms with Crippen LogP contribution in [0.2, 0.25) is 0 Å². The van der Waals surface area contributed by atoms with Crippen LogP contribution in [0.3, 0.4) is 0 Å². The van der Waals surface area contributed by atoms with Crippen molar-refractivity contribution in [2.45, 2.75) is 50.4 Å². The molecule has 0 aromatic heterocycles. The van der Waals surface area contributed by atoms with E-state index < -0.39 is 15.4 Å². The van der Waals surface area contributed by atoms with Crippen molar-refractivity contribution in [3.05, 3.63) is 35.4 Å². The first-order chi connectivity index (χ1) is 10.7. The van der Waals surface area contributed by atoms with Crippen LogP contribution in [0.25, 0.3) is 0 Å². The minimum atomic E-state index is -3.03. The molecule has 7 heteroatoms. The van der Waals surface area contributed by atoms with Gasteiger partial charge in [0.2, 0.25) is 5.91 Å². The average molecular weight is 375 g/mol. The molecule has 5 nitrogen and oxygen atoms in total. The number of nitrogens with one attached hydrogen (secondary N) is 1. The van der Waals surface area contributed by atoms with Crippen LogP contribution in [0, 0.1) is 5.92 Å². The number of carbonyl (C=O) groups is 1. The fraction of sp³-hybridized carbons (Fsp3) is 0.588. The maximum absolute atomic E-state index is 12.4. The molecule has 0 heterocycles. The van der Waals surface area contributed by atoms with Gasteiger partial charge in [0.05, 0.1) is 11.7 Å². The Morgan fingerprint density at radius 2 is 1.83 bits per heavy atom. The van der Waals surface area contributed by atoms with E-state index in [1.54, 1.807) is 12.1 Å². The smallest absolute Gasteiger partial charge is 0.225 e. The van der Waals surface area contributed by atoms with E-state index in [9.17, 15) is 13.2 Å². The summed E-state index contributed by atoms with van der Waals surface area (Å²) in [7, 11) is -3.03. The second-order valence-electron chi connectivity index (χ2n) is 6.91. The molecule has 0 radical (unpaired) electrons. The molecular weight excluding hydrogens is 348 g/mol. The maximum Gasteiger partial charge on any atom is 0.225 e. The Bertz CT molecular complexity index is 657. The molecule has 3 N–H and O–H groups in total. The standard InChI is InChI=1S/C17H26N2O3S.ClH/c1-17(18)10-4-3-5-15(17)16(20)19-11-13-6-8-14(9-7-13)12-23(2,21)22;/h6-9,15H,3-5,10-12,18H2,1-2H3,(H,19,20);1H. The molecule has 0 bridgehead atoms. The van der Waals surface area contributed by atoms with Crippen molar-refractivity contribution < 1.29 is 13.2 Å². The molecule has 2 atom stereocenters. The first-order valence-electron chi connectivity index (χ1n) is 7.99. The molecule has 24 heavy (non-hydrogen) atoms. The zero-order chi connectivity index (χ0) is 17.1. The molecule has 1 saturated carbocycles. The van der Waals surface area contributed by atoms with Crippen LogP contribution in [0.5, 0.6) is 0 Å². The van der Waals surface area contributed by atoms with Crippen molar-refractivity contribution >= 4 is 28.2 Å². The van der Waals surface area contributed by atoms with Gasteiger partial charge in [-0.3, -0.25) is 4.79 Å². The highest BCUT2D eigenvalue weighted by Gasteiger charge is 2.37. The summed E-state index contributed by atoms with van der Waals surface area (Å²) in [5, 5.41) is 2.95. The molecule has 1 amide bonds. The van der Waals surface area contributed by atoms with Gasteiger partial charge in [0.25, 0.3) is 0 Å². The molecule has 1 aliphatic carbocycles. The van der Waals surface area contributed by atoms with Gasteiger partial charge in [0.1, 0.15) is 0 Å². The number of hydrogen-bond donors (Lipinski definition) is 2. The highest BCUT2D eigenvalue weighted by atomic mass is 35.5. The lowest BCUT2D eigenvalue weighted by Gasteiger charge is -2.37. The van der Waals surface area contributed by atoms with E-state index in [0.29, 0.717) is 6.54 Å². The molecule has 2 unspecified atom stereocenters. The molecular formula is C17H27ClN2O3S. The van der Waals surface area contributed by atoms with Gasteiger partial charge in [-0.15, -0.1) is 12.4 Å². The van der Waals surface area contributed by atoms with Gasteiger partial charge < -0.3 is 11.1 Å². The quantitative estimate of drug-likeness (QED) is 0.826. The van der Waals surface area contributed by atoms with E-state index in [0.717, 1.165) is 36.8 Å². The van der Waals surface area contributed by atoms with Crippen LogP contribution in [0.4, 0.5) is 0 Å². The fourth-order valence-corrected chi connectivity index (χ4v) is 3.96. The van der Waals surface area contributed by atoms with Crippen molar-refractivity contribution in [3.8, 4) is 0 Å². The summed E-state index contributed by atoms with van der Waals surface area (Å²) in [6.07, 6.45) is 5.07. The average Bonchev–Trinajstić information content (AvgIpc) is 2.44. The van der Waals surface area contributed by atoms with E-state index in [-0.39, 0.29) is 30.0 Å². The number of nitrogens with two attached hydrogens (primary N) is 1. The second-order valence-corrected chi connectivity index (χ2v) is 9.05. The summed E-state index contributed by atoms with van der Waals surface area (Å²) in [5.74, 6) is -0.0940. The molecule has 0 spiro atoms. The predicted molar refractivity (Wildman–Crippen MR) is 98.6 cm³/mol. The number of rotatable bonds is 5. The van der Waals surface area contributed by atoms with Crippen molar-refractivity contribution in [1.29, 1.82) is 0 Å². The Balaban J connectivity index is 0.00000288. The van der Waals surface area contributed by atoms with Crippen LogP contribution in [0.1, 0.15) is 43.7 Å². The zero-order valence-corrected chi connectivity index (χ0v) is 15.9. The Morgan fingerprint density at radius 1 is 1.25 bits per heavy atom. The lowest BCUT2D eigenvalue weighted by atomic mass is 9.74. The highest BCUT2D eigenvalue weighted by Crippen LogP contribution is 2.31. The Morgan fingerprint density at radius 3 is 2.38 bits per heavy atom. The number of carbonyl (C=O) groups excluding carboxylic acids is 1. The first kappa shape index (κ1) is 20.9. The number of hydrogen-bond acceptors (Lipinski definition) is 4. The summed E-state index contributed by atoms with van der Waals surface area (Å²) in [5.41, 5.74) is 7.53. The van der Waals surface area contributed by atoms with Crippen molar-refractivity contribution in [2.75, 3.05) is 6.26 Å². The van der Waals surface area contributed by atoms with Gasteiger partial charge in [-0.25, -0.2) is 8.42 Å². The molecule has 0 saturated heterocycles. The summed E-state index contributed by atoms with van der Waals surface area (Å²) < 4.78 is 22.5. The van der Waals surface area contributed by atoms with Gasteiger partial charge in [-0.1, -0.05) is 37.1 Å². The van der Waals surface area contributed by atoms with Crippen LogP contribution in [-0.4, -0.2) is 26.1 Å². The van der Waals surface area contributed by atoms with Crippen molar-refractivity contribution in [2.24, 2.45) is 11.7 Å². The number of amides is 1. The number of benzene rings is 1. The largest absolute Gasteiger partial charge is 0.352 e. The van der Waals surface area contributed by atoms with E-state index in [4.69, 9.17) is 5.73 Å². The normalized spacial score (nSPS) is 24.0. The zero-order valence-electron chi connectivity index (χ0n) is 14.2. The third kappa shape index (κ3) is 6.07. The number of halogens is 1. The highest BCUT2D eigenvalue weighted by molar-refractivity contribution is 7.89. The fourth-order valence-electron chi connectivity index (χ4n) is 3.16. The molecule has 2 rings (SSSR count). The third-order valence-corrected chi connectivity index (χ3v) is 5.35. The molecule has 1 fully saturated rings. The van der Waals surface area contributed by atoms with Crippen LogP contribution in [-0.2, 0) is 26.9 Å². The molecule has 1 aromatic rings.